The monoisotopic (exact) mass is 263 g/mol. The van der Waals surface area contributed by atoms with Gasteiger partial charge in [0, 0.05) is 18.8 Å². The van der Waals surface area contributed by atoms with Crippen molar-refractivity contribution in [2.24, 2.45) is 5.92 Å². The lowest BCUT2D eigenvalue weighted by Crippen LogP contribution is -2.34. The standard InChI is InChI=1S/C14H21N3O2/c1-9(2)11-8-12(13(18)19)16-14(15-11)17-6-4-10(3)5-7-17/h8-10H,4-7H2,1-3H3,(H,18,19). The Morgan fingerprint density at radius 2 is 2.00 bits per heavy atom. The van der Waals surface area contributed by atoms with E-state index >= 15 is 0 Å². The smallest absolute Gasteiger partial charge is 0.354 e. The van der Waals surface area contributed by atoms with Gasteiger partial charge in [-0.1, -0.05) is 20.8 Å². The maximum atomic E-state index is 11.2. The van der Waals surface area contributed by atoms with Gasteiger partial charge in [-0.3, -0.25) is 0 Å². The minimum Gasteiger partial charge on any atom is -0.477 e. The van der Waals surface area contributed by atoms with Crippen molar-refractivity contribution in [2.45, 2.75) is 39.5 Å². The number of rotatable bonds is 3. The Balaban J connectivity index is 2.31. The lowest BCUT2D eigenvalue weighted by molar-refractivity contribution is 0.0690. The van der Waals surface area contributed by atoms with Gasteiger partial charge in [-0.15, -0.1) is 0 Å². The maximum Gasteiger partial charge on any atom is 0.354 e. The SMILES string of the molecule is CC1CCN(c2nc(C(=O)O)cc(C(C)C)n2)CC1. The molecule has 0 aliphatic carbocycles. The topological polar surface area (TPSA) is 66.3 Å². The minimum atomic E-state index is -0.990. The summed E-state index contributed by atoms with van der Waals surface area (Å²) in [6.45, 7) is 8.07. The third-order valence-corrected chi connectivity index (χ3v) is 3.61. The molecule has 1 aliphatic rings. The van der Waals surface area contributed by atoms with Crippen molar-refractivity contribution in [2.75, 3.05) is 18.0 Å². The zero-order valence-corrected chi connectivity index (χ0v) is 11.8. The molecule has 1 aliphatic heterocycles. The van der Waals surface area contributed by atoms with Crippen LogP contribution in [0.3, 0.4) is 0 Å². The highest BCUT2D eigenvalue weighted by molar-refractivity contribution is 5.85. The van der Waals surface area contributed by atoms with E-state index in [2.05, 4.69) is 21.8 Å². The molecule has 0 amide bonds. The molecule has 0 saturated carbocycles. The molecule has 2 heterocycles. The van der Waals surface area contributed by atoms with Gasteiger partial charge >= 0.3 is 5.97 Å². The van der Waals surface area contributed by atoms with Crippen LogP contribution in [0.15, 0.2) is 6.07 Å². The summed E-state index contributed by atoms with van der Waals surface area (Å²) >= 11 is 0. The van der Waals surface area contributed by atoms with Crippen molar-refractivity contribution in [1.29, 1.82) is 0 Å². The number of carboxylic acids is 1. The van der Waals surface area contributed by atoms with Gasteiger partial charge in [-0.2, -0.15) is 0 Å². The molecule has 0 atom stereocenters. The van der Waals surface area contributed by atoms with Crippen LogP contribution in [0.1, 0.15) is 55.7 Å². The van der Waals surface area contributed by atoms with Crippen LogP contribution in [0.25, 0.3) is 0 Å². The van der Waals surface area contributed by atoms with Gasteiger partial charge in [0.1, 0.15) is 0 Å². The van der Waals surface area contributed by atoms with Crippen LogP contribution in [0.4, 0.5) is 5.95 Å². The highest BCUT2D eigenvalue weighted by Gasteiger charge is 2.20. The lowest BCUT2D eigenvalue weighted by Gasteiger charge is -2.30. The molecule has 1 fully saturated rings. The Hall–Kier alpha value is -1.65. The summed E-state index contributed by atoms with van der Waals surface area (Å²) in [4.78, 5) is 21.9. The number of hydrogen-bond acceptors (Lipinski definition) is 4. The molecule has 5 nitrogen and oxygen atoms in total. The molecular weight excluding hydrogens is 242 g/mol. The van der Waals surface area contributed by atoms with Crippen molar-refractivity contribution in [3.05, 3.63) is 17.5 Å². The van der Waals surface area contributed by atoms with Gasteiger partial charge < -0.3 is 10.0 Å². The van der Waals surface area contributed by atoms with Crippen molar-refractivity contribution in [3.8, 4) is 0 Å². The normalized spacial score (nSPS) is 16.9. The van der Waals surface area contributed by atoms with Crippen LogP contribution in [0, 0.1) is 5.92 Å². The number of carbonyl (C=O) groups is 1. The second-order valence-corrected chi connectivity index (χ2v) is 5.61. The Morgan fingerprint density at radius 1 is 1.37 bits per heavy atom. The van der Waals surface area contributed by atoms with Gasteiger partial charge in [0.2, 0.25) is 5.95 Å². The highest BCUT2D eigenvalue weighted by Crippen LogP contribution is 2.22. The molecule has 1 aromatic heterocycles. The zero-order chi connectivity index (χ0) is 14.0. The number of nitrogens with zero attached hydrogens (tertiary/aromatic N) is 3. The van der Waals surface area contributed by atoms with Crippen molar-refractivity contribution in [1.82, 2.24) is 9.97 Å². The average molecular weight is 263 g/mol. The average Bonchev–Trinajstić information content (AvgIpc) is 2.39. The van der Waals surface area contributed by atoms with E-state index in [9.17, 15) is 4.79 Å². The van der Waals surface area contributed by atoms with Crippen LogP contribution >= 0.6 is 0 Å². The predicted octanol–water partition coefficient (Wildman–Crippen LogP) is 2.53. The number of piperidine rings is 1. The van der Waals surface area contributed by atoms with E-state index in [1.807, 2.05) is 13.8 Å². The Labute approximate surface area is 113 Å². The van der Waals surface area contributed by atoms with Crippen molar-refractivity contribution in [3.63, 3.8) is 0 Å². The summed E-state index contributed by atoms with van der Waals surface area (Å²) in [5, 5.41) is 9.15. The molecule has 1 N–H and O–H groups in total. The summed E-state index contributed by atoms with van der Waals surface area (Å²) in [5.74, 6) is 0.499. The van der Waals surface area contributed by atoms with Gasteiger partial charge in [-0.05, 0) is 30.7 Å². The number of carboxylic acid groups (broad SMARTS) is 1. The molecule has 19 heavy (non-hydrogen) atoms. The van der Waals surface area contributed by atoms with E-state index in [1.54, 1.807) is 6.07 Å². The fraction of sp³-hybridized carbons (Fsp3) is 0.643. The fourth-order valence-electron chi connectivity index (χ4n) is 2.21. The first-order valence-electron chi connectivity index (χ1n) is 6.84. The molecule has 1 saturated heterocycles. The van der Waals surface area contributed by atoms with E-state index in [1.165, 1.54) is 0 Å². The first-order chi connectivity index (χ1) is 8.97. The molecule has 104 valence electrons. The zero-order valence-electron chi connectivity index (χ0n) is 11.8. The largest absolute Gasteiger partial charge is 0.477 e. The van der Waals surface area contributed by atoms with Crippen molar-refractivity contribution < 1.29 is 9.90 Å². The first-order valence-corrected chi connectivity index (χ1v) is 6.84. The van der Waals surface area contributed by atoms with Gasteiger partial charge in [0.25, 0.3) is 0 Å². The van der Waals surface area contributed by atoms with Crippen LogP contribution in [-0.4, -0.2) is 34.1 Å². The van der Waals surface area contributed by atoms with E-state index in [0.29, 0.717) is 5.95 Å². The molecule has 1 aromatic rings. The minimum absolute atomic E-state index is 0.0901. The fourth-order valence-corrected chi connectivity index (χ4v) is 2.21. The first kappa shape index (κ1) is 13.8. The molecule has 0 radical (unpaired) electrons. The second kappa shape index (κ2) is 5.55. The molecule has 0 unspecified atom stereocenters. The van der Waals surface area contributed by atoms with Gasteiger partial charge in [0.05, 0.1) is 0 Å². The third-order valence-electron chi connectivity index (χ3n) is 3.61. The molecule has 0 spiro atoms. The lowest BCUT2D eigenvalue weighted by atomic mass is 9.99. The number of aromatic carboxylic acids is 1. The molecule has 0 aromatic carbocycles. The van der Waals surface area contributed by atoms with E-state index in [0.717, 1.165) is 37.5 Å². The number of anilines is 1. The predicted molar refractivity (Wildman–Crippen MR) is 73.7 cm³/mol. The third kappa shape index (κ3) is 3.22. The summed E-state index contributed by atoms with van der Waals surface area (Å²) in [6, 6.07) is 1.57. The molecular formula is C14H21N3O2. The second-order valence-electron chi connectivity index (χ2n) is 5.61. The maximum absolute atomic E-state index is 11.2. The van der Waals surface area contributed by atoms with E-state index in [4.69, 9.17) is 5.11 Å². The van der Waals surface area contributed by atoms with Gasteiger partial charge in [-0.25, -0.2) is 14.8 Å². The van der Waals surface area contributed by atoms with E-state index < -0.39 is 5.97 Å². The quantitative estimate of drug-likeness (QED) is 0.907. The number of hydrogen-bond donors (Lipinski definition) is 1. The van der Waals surface area contributed by atoms with Crippen LogP contribution < -0.4 is 4.90 Å². The molecule has 5 heteroatoms. The Kier molecular flexibility index (Phi) is 4.02. The highest BCUT2D eigenvalue weighted by atomic mass is 16.4. The Morgan fingerprint density at radius 3 is 2.53 bits per heavy atom. The van der Waals surface area contributed by atoms with Crippen molar-refractivity contribution >= 4 is 11.9 Å². The van der Waals surface area contributed by atoms with Crippen LogP contribution in [0.5, 0.6) is 0 Å². The summed E-state index contributed by atoms with van der Waals surface area (Å²) in [7, 11) is 0. The summed E-state index contributed by atoms with van der Waals surface area (Å²) in [5.41, 5.74) is 0.883. The van der Waals surface area contributed by atoms with Crippen LogP contribution in [0.2, 0.25) is 0 Å². The Bertz CT molecular complexity index is 466. The molecule has 2 rings (SSSR count). The van der Waals surface area contributed by atoms with Crippen LogP contribution in [-0.2, 0) is 0 Å². The number of aromatic nitrogens is 2. The van der Waals surface area contributed by atoms with Gasteiger partial charge in [0.15, 0.2) is 5.69 Å². The summed E-state index contributed by atoms with van der Waals surface area (Å²) in [6.07, 6.45) is 2.22. The molecule has 0 bridgehead atoms. The summed E-state index contributed by atoms with van der Waals surface area (Å²) < 4.78 is 0. The van der Waals surface area contributed by atoms with E-state index in [-0.39, 0.29) is 11.6 Å².